The van der Waals surface area contributed by atoms with Gasteiger partial charge in [0.25, 0.3) is 5.91 Å². The van der Waals surface area contributed by atoms with Crippen molar-refractivity contribution in [3.05, 3.63) is 58.0 Å². The molecular weight excluding hydrogens is 439 g/mol. The number of aromatic nitrogens is 1. The number of hydrogen-bond acceptors (Lipinski definition) is 7. The maximum Gasteiger partial charge on any atom is 0.266 e. The number of amides is 1. The number of nitrogens with two attached hydrogens (primary N) is 1. The summed E-state index contributed by atoms with van der Waals surface area (Å²) in [6.07, 6.45) is 3.99. The second-order valence-electron chi connectivity index (χ2n) is 8.07. The fourth-order valence-corrected chi connectivity index (χ4v) is 5.35. The summed E-state index contributed by atoms with van der Waals surface area (Å²) in [5.41, 5.74) is 8.32. The van der Waals surface area contributed by atoms with Crippen LogP contribution in [0.2, 0.25) is 0 Å². The average molecular weight is 467 g/mol. The number of nitriles is 1. The molecule has 0 radical (unpaired) electrons. The molecule has 172 valence electrons. The first-order valence-electron chi connectivity index (χ1n) is 11.1. The van der Waals surface area contributed by atoms with E-state index >= 15 is 0 Å². The summed E-state index contributed by atoms with van der Waals surface area (Å²) in [5, 5.41) is 12.6. The molecule has 0 unspecified atom stereocenters. The summed E-state index contributed by atoms with van der Waals surface area (Å²) < 4.78 is 14.8. The van der Waals surface area contributed by atoms with E-state index in [2.05, 4.69) is 21.3 Å². The van der Waals surface area contributed by atoms with Crippen LogP contribution in [0.4, 0.5) is 21.6 Å². The van der Waals surface area contributed by atoms with Crippen molar-refractivity contribution in [2.75, 3.05) is 42.2 Å². The molecule has 1 saturated heterocycles. The number of pyridine rings is 1. The third-order valence-electron chi connectivity index (χ3n) is 6.04. The van der Waals surface area contributed by atoms with Gasteiger partial charge in [-0.3, -0.25) is 4.79 Å². The van der Waals surface area contributed by atoms with Crippen molar-refractivity contribution < 1.29 is 9.18 Å². The van der Waals surface area contributed by atoms with E-state index in [1.807, 2.05) is 6.07 Å². The van der Waals surface area contributed by atoms with Gasteiger partial charge < -0.3 is 20.9 Å². The van der Waals surface area contributed by atoms with Crippen LogP contribution in [0.25, 0.3) is 0 Å². The van der Waals surface area contributed by atoms with Crippen LogP contribution in [0.3, 0.4) is 0 Å². The van der Waals surface area contributed by atoms with E-state index in [4.69, 9.17) is 5.73 Å². The maximum atomic E-state index is 14.8. The molecule has 0 atom stereocenters. The summed E-state index contributed by atoms with van der Waals surface area (Å²) in [7, 11) is 1.77. The van der Waals surface area contributed by atoms with E-state index in [9.17, 15) is 14.4 Å². The third kappa shape index (κ3) is 4.76. The van der Waals surface area contributed by atoms with Crippen molar-refractivity contribution in [2.45, 2.75) is 31.4 Å². The van der Waals surface area contributed by atoms with Gasteiger partial charge in [-0.05, 0) is 43.5 Å². The van der Waals surface area contributed by atoms with Gasteiger partial charge in [-0.2, -0.15) is 9.65 Å². The van der Waals surface area contributed by atoms with Crippen molar-refractivity contribution in [1.82, 2.24) is 10.3 Å². The third-order valence-corrected chi connectivity index (χ3v) is 7.21. The van der Waals surface area contributed by atoms with Gasteiger partial charge in [0.1, 0.15) is 11.9 Å². The number of rotatable bonds is 6. The summed E-state index contributed by atoms with van der Waals surface area (Å²) in [6, 6.07) is 10.8. The minimum atomic E-state index is -0.500. The predicted molar refractivity (Wildman–Crippen MR) is 130 cm³/mol. The minimum Gasteiger partial charge on any atom is -0.398 e. The van der Waals surface area contributed by atoms with Crippen molar-refractivity contribution in [3.63, 3.8) is 0 Å². The second kappa shape index (κ2) is 10.1. The van der Waals surface area contributed by atoms with Gasteiger partial charge in [-0.25, -0.2) is 4.98 Å². The zero-order chi connectivity index (χ0) is 23.4. The Kier molecular flexibility index (Phi) is 7.04. The number of benzene rings is 1. The molecule has 0 saturated carbocycles. The summed E-state index contributed by atoms with van der Waals surface area (Å²) in [5.74, 6) is 0.221. The molecule has 4 rings (SSSR count). The molecule has 3 N–H and O–H groups in total. The Morgan fingerprint density at radius 2 is 2.00 bits per heavy atom. The molecule has 2 aliphatic rings. The smallest absolute Gasteiger partial charge is 0.266 e. The fraction of sp³-hybridized carbons (Fsp3) is 0.375. The number of nitrogens with zero attached hydrogens (tertiary/aromatic N) is 4. The molecule has 33 heavy (non-hydrogen) atoms. The first kappa shape index (κ1) is 22.9. The van der Waals surface area contributed by atoms with Gasteiger partial charge in [0, 0.05) is 50.1 Å². The van der Waals surface area contributed by atoms with Crippen molar-refractivity contribution in [1.29, 1.82) is 5.26 Å². The molecule has 1 fully saturated rings. The highest BCUT2D eigenvalue weighted by atomic mass is 32.2. The van der Waals surface area contributed by atoms with Crippen LogP contribution < -0.4 is 20.9 Å². The summed E-state index contributed by atoms with van der Waals surface area (Å²) in [6.45, 7) is 2.23. The standard InChI is InChI=1S/C24H27FN6OS/c1-28-19-10-13-31(20-7-5-6-18(27)17(20)14-26)24(32)22(19)33-15-16-8-9-21(29-23(16)25)30-11-3-2-4-12-30/h5-9,28H,2-4,10-13,15,27H2,1H3. The fourth-order valence-electron chi connectivity index (χ4n) is 4.22. The Balaban J connectivity index is 1.53. The van der Waals surface area contributed by atoms with Gasteiger partial charge in [0.2, 0.25) is 5.95 Å². The number of carbonyl (C=O) groups excluding carboxylic acids is 1. The molecule has 1 aromatic carbocycles. The highest BCUT2D eigenvalue weighted by molar-refractivity contribution is 8.03. The van der Waals surface area contributed by atoms with E-state index in [1.165, 1.54) is 18.2 Å². The lowest BCUT2D eigenvalue weighted by molar-refractivity contribution is -0.114. The molecule has 3 heterocycles. The van der Waals surface area contributed by atoms with Crippen LogP contribution in [0.1, 0.15) is 36.8 Å². The number of piperidine rings is 1. The number of thioether (sulfide) groups is 1. The first-order chi connectivity index (χ1) is 16.0. The minimum absolute atomic E-state index is 0.226. The van der Waals surface area contributed by atoms with Crippen LogP contribution in [-0.4, -0.2) is 37.6 Å². The molecule has 1 amide bonds. The molecular formula is C24H27FN6OS. The second-order valence-corrected chi connectivity index (χ2v) is 9.06. The predicted octanol–water partition coefficient (Wildman–Crippen LogP) is 3.77. The van der Waals surface area contributed by atoms with Crippen molar-refractivity contribution in [2.24, 2.45) is 0 Å². The number of nitrogen functional groups attached to an aromatic ring is 1. The van der Waals surface area contributed by atoms with E-state index in [-0.39, 0.29) is 17.2 Å². The topological polar surface area (TPSA) is 98.3 Å². The van der Waals surface area contributed by atoms with Gasteiger partial charge in [0.15, 0.2) is 0 Å². The quantitative estimate of drug-likeness (QED) is 0.494. The van der Waals surface area contributed by atoms with Crippen LogP contribution in [0.5, 0.6) is 0 Å². The zero-order valence-electron chi connectivity index (χ0n) is 18.6. The van der Waals surface area contributed by atoms with Gasteiger partial charge in [-0.15, -0.1) is 11.8 Å². The normalized spacial score (nSPS) is 16.7. The van der Waals surface area contributed by atoms with Crippen LogP contribution in [-0.2, 0) is 10.5 Å². The molecule has 7 nitrogen and oxygen atoms in total. The molecule has 0 bridgehead atoms. The molecule has 0 spiro atoms. The number of hydrogen-bond donors (Lipinski definition) is 2. The number of nitrogens with one attached hydrogen (secondary N) is 1. The monoisotopic (exact) mass is 466 g/mol. The lowest BCUT2D eigenvalue weighted by Crippen LogP contribution is -2.39. The van der Waals surface area contributed by atoms with E-state index in [0.717, 1.165) is 31.6 Å². The van der Waals surface area contributed by atoms with Gasteiger partial charge >= 0.3 is 0 Å². The number of carbonyl (C=O) groups is 1. The van der Waals surface area contributed by atoms with Crippen molar-refractivity contribution in [3.8, 4) is 6.07 Å². The summed E-state index contributed by atoms with van der Waals surface area (Å²) >= 11 is 1.28. The van der Waals surface area contributed by atoms with E-state index in [1.54, 1.807) is 36.2 Å². The number of anilines is 3. The first-order valence-corrected chi connectivity index (χ1v) is 12.1. The summed E-state index contributed by atoms with van der Waals surface area (Å²) in [4.78, 5) is 21.8. The van der Waals surface area contributed by atoms with Gasteiger partial charge in [-0.1, -0.05) is 6.07 Å². The highest BCUT2D eigenvalue weighted by Crippen LogP contribution is 2.35. The van der Waals surface area contributed by atoms with Crippen LogP contribution in [0.15, 0.2) is 40.9 Å². The Hall–Kier alpha value is -3.25. The Labute approximate surface area is 197 Å². The van der Waals surface area contributed by atoms with Crippen LogP contribution >= 0.6 is 11.8 Å². The molecule has 2 aliphatic heterocycles. The Morgan fingerprint density at radius 3 is 2.70 bits per heavy atom. The van der Waals surface area contributed by atoms with E-state index < -0.39 is 5.95 Å². The Morgan fingerprint density at radius 1 is 1.21 bits per heavy atom. The molecule has 2 aromatic rings. The van der Waals surface area contributed by atoms with Crippen molar-refractivity contribution >= 4 is 34.9 Å². The Bertz CT molecular complexity index is 1120. The largest absolute Gasteiger partial charge is 0.398 e. The van der Waals surface area contributed by atoms with Gasteiger partial charge in [0.05, 0.1) is 21.8 Å². The maximum absolute atomic E-state index is 14.8. The number of halogens is 1. The molecule has 0 aliphatic carbocycles. The highest BCUT2D eigenvalue weighted by Gasteiger charge is 2.30. The lowest BCUT2D eigenvalue weighted by atomic mass is 10.1. The molecule has 9 heteroatoms. The SMILES string of the molecule is CNC1=C(SCc2ccc(N3CCCCC3)nc2F)C(=O)N(c2cccc(N)c2C#N)CC1. The zero-order valence-corrected chi connectivity index (χ0v) is 19.4. The molecule has 1 aromatic heterocycles. The average Bonchev–Trinajstić information content (AvgIpc) is 2.84. The van der Waals surface area contributed by atoms with E-state index in [0.29, 0.717) is 40.6 Å². The van der Waals surface area contributed by atoms with Crippen LogP contribution in [0, 0.1) is 17.3 Å². The lowest BCUT2D eigenvalue weighted by Gasteiger charge is -2.31.